The Morgan fingerprint density at radius 3 is 2.83 bits per heavy atom. The van der Waals surface area contributed by atoms with E-state index in [1.165, 1.54) is 0 Å². The zero-order chi connectivity index (χ0) is 16.1. The number of nitrogens with zero attached hydrogens (tertiary/aromatic N) is 3. The van der Waals surface area contributed by atoms with Crippen LogP contribution in [0.25, 0.3) is 11.0 Å². The molecule has 0 aliphatic heterocycles. The number of fused-ring (bicyclic) bond motifs is 1. The van der Waals surface area contributed by atoms with Gasteiger partial charge in [0.15, 0.2) is 0 Å². The first-order valence-electron chi connectivity index (χ1n) is 7.85. The number of aryl methyl sites for hydroxylation is 1. The molecule has 1 aromatic carbocycles. The highest BCUT2D eigenvalue weighted by atomic mass is 16.2. The molecule has 5 nitrogen and oxygen atoms in total. The molecule has 118 valence electrons. The van der Waals surface area contributed by atoms with Crippen molar-refractivity contribution >= 4 is 16.9 Å². The monoisotopic (exact) mass is 308 g/mol. The topological polar surface area (TPSA) is 59.8 Å². The molecule has 1 atom stereocenters. The third kappa shape index (κ3) is 3.56. The van der Waals surface area contributed by atoms with Crippen LogP contribution in [0.5, 0.6) is 0 Å². The molecule has 0 aliphatic rings. The number of carbonyl (C=O) groups is 1. The van der Waals surface area contributed by atoms with E-state index >= 15 is 0 Å². The maximum atomic E-state index is 12.3. The molecule has 5 heteroatoms. The van der Waals surface area contributed by atoms with E-state index in [0.717, 1.165) is 29.6 Å². The number of amides is 1. The Bertz CT molecular complexity index is 782. The average molecular weight is 308 g/mol. The Morgan fingerprint density at radius 2 is 2.00 bits per heavy atom. The van der Waals surface area contributed by atoms with Gasteiger partial charge in [0.1, 0.15) is 6.04 Å². The number of imidazole rings is 1. The van der Waals surface area contributed by atoms with E-state index in [9.17, 15) is 4.79 Å². The molecule has 3 rings (SSSR count). The van der Waals surface area contributed by atoms with Gasteiger partial charge in [0.2, 0.25) is 5.91 Å². The van der Waals surface area contributed by atoms with Crippen molar-refractivity contribution in [2.24, 2.45) is 0 Å². The number of hydrogen-bond acceptors (Lipinski definition) is 3. The molecule has 2 heterocycles. The van der Waals surface area contributed by atoms with Crippen LogP contribution in [0.4, 0.5) is 0 Å². The first kappa shape index (κ1) is 15.2. The molecule has 0 saturated carbocycles. The summed E-state index contributed by atoms with van der Waals surface area (Å²) in [7, 11) is 0. The molecule has 23 heavy (non-hydrogen) atoms. The lowest BCUT2D eigenvalue weighted by Crippen LogP contribution is -2.31. The molecule has 1 unspecified atom stereocenters. The maximum absolute atomic E-state index is 12.3. The minimum absolute atomic E-state index is 0.00849. The predicted octanol–water partition coefficient (Wildman–Crippen LogP) is 2.74. The minimum Gasteiger partial charge on any atom is -0.354 e. The highest BCUT2D eigenvalue weighted by molar-refractivity contribution is 5.83. The molecule has 3 aromatic rings. The zero-order valence-electron chi connectivity index (χ0n) is 13.1. The van der Waals surface area contributed by atoms with Gasteiger partial charge in [-0.05, 0) is 44.0 Å². The maximum Gasteiger partial charge on any atom is 0.242 e. The third-order valence-electron chi connectivity index (χ3n) is 3.91. The van der Waals surface area contributed by atoms with Crippen LogP contribution in [0.1, 0.15) is 25.1 Å². The molecule has 0 aliphatic carbocycles. The van der Waals surface area contributed by atoms with Gasteiger partial charge in [-0.3, -0.25) is 9.78 Å². The number of carbonyl (C=O) groups excluding carboxylic acids is 1. The fourth-order valence-corrected chi connectivity index (χ4v) is 2.59. The summed E-state index contributed by atoms with van der Waals surface area (Å²) in [4.78, 5) is 20.9. The van der Waals surface area contributed by atoms with Crippen LogP contribution in [0.2, 0.25) is 0 Å². The first-order valence-corrected chi connectivity index (χ1v) is 7.85. The van der Waals surface area contributed by atoms with Crippen LogP contribution in [0, 0.1) is 0 Å². The second kappa shape index (κ2) is 7.05. The second-order valence-electron chi connectivity index (χ2n) is 5.53. The van der Waals surface area contributed by atoms with Crippen molar-refractivity contribution in [3.63, 3.8) is 0 Å². The smallest absolute Gasteiger partial charge is 0.242 e. The number of para-hydroxylation sites is 2. The van der Waals surface area contributed by atoms with E-state index in [0.29, 0.717) is 6.54 Å². The van der Waals surface area contributed by atoms with Crippen molar-refractivity contribution in [2.75, 3.05) is 6.54 Å². The van der Waals surface area contributed by atoms with Crippen LogP contribution in [-0.4, -0.2) is 27.0 Å². The summed E-state index contributed by atoms with van der Waals surface area (Å²) in [6.07, 6.45) is 5.26. The summed E-state index contributed by atoms with van der Waals surface area (Å²) in [5.41, 5.74) is 2.93. The normalized spacial score (nSPS) is 12.2. The lowest BCUT2D eigenvalue weighted by molar-refractivity contribution is -0.123. The zero-order valence-corrected chi connectivity index (χ0v) is 13.1. The molecule has 1 amide bonds. The van der Waals surface area contributed by atoms with E-state index in [2.05, 4.69) is 15.3 Å². The third-order valence-corrected chi connectivity index (χ3v) is 3.91. The Labute approximate surface area is 135 Å². The SMILES string of the molecule is CC(C(=O)NCCCc1ccccn1)n1cnc2ccccc21. The van der Waals surface area contributed by atoms with E-state index in [-0.39, 0.29) is 11.9 Å². The van der Waals surface area contributed by atoms with Crippen molar-refractivity contribution in [2.45, 2.75) is 25.8 Å². The first-order chi connectivity index (χ1) is 11.3. The van der Waals surface area contributed by atoms with Gasteiger partial charge in [-0.15, -0.1) is 0 Å². The van der Waals surface area contributed by atoms with Crippen LogP contribution in [-0.2, 0) is 11.2 Å². The number of hydrogen-bond donors (Lipinski definition) is 1. The molecular formula is C18H20N4O. The van der Waals surface area contributed by atoms with E-state index in [4.69, 9.17) is 0 Å². The van der Waals surface area contributed by atoms with Gasteiger partial charge in [0.05, 0.1) is 17.4 Å². The fourth-order valence-electron chi connectivity index (χ4n) is 2.59. The average Bonchev–Trinajstić information content (AvgIpc) is 3.03. The lowest BCUT2D eigenvalue weighted by atomic mass is 10.2. The molecule has 2 aromatic heterocycles. The second-order valence-corrected chi connectivity index (χ2v) is 5.53. The Balaban J connectivity index is 1.54. The van der Waals surface area contributed by atoms with Gasteiger partial charge in [0, 0.05) is 18.4 Å². The number of benzene rings is 1. The quantitative estimate of drug-likeness (QED) is 0.712. The molecule has 0 radical (unpaired) electrons. The minimum atomic E-state index is -0.280. The Hall–Kier alpha value is -2.69. The largest absolute Gasteiger partial charge is 0.354 e. The van der Waals surface area contributed by atoms with Crippen molar-refractivity contribution in [3.8, 4) is 0 Å². The number of aromatic nitrogens is 3. The summed E-state index contributed by atoms with van der Waals surface area (Å²) in [6, 6.07) is 13.4. The number of pyridine rings is 1. The summed E-state index contributed by atoms with van der Waals surface area (Å²) >= 11 is 0. The highest BCUT2D eigenvalue weighted by Gasteiger charge is 2.16. The van der Waals surface area contributed by atoms with Crippen molar-refractivity contribution in [3.05, 3.63) is 60.7 Å². The molecular weight excluding hydrogens is 288 g/mol. The molecule has 0 spiro atoms. The molecule has 0 bridgehead atoms. The molecule has 0 saturated heterocycles. The van der Waals surface area contributed by atoms with Gasteiger partial charge in [0.25, 0.3) is 0 Å². The van der Waals surface area contributed by atoms with Crippen molar-refractivity contribution < 1.29 is 4.79 Å². The van der Waals surface area contributed by atoms with Crippen LogP contribution < -0.4 is 5.32 Å². The summed E-state index contributed by atoms with van der Waals surface area (Å²) in [5, 5.41) is 2.99. The highest BCUT2D eigenvalue weighted by Crippen LogP contribution is 2.17. The number of nitrogens with one attached hydrogen (secondary N) is 1. The Kier molecular flexibility index (Phi) is 4.66. The Morgan fingerprint density at radius 1 is 1.17 bits per heavy atom. The molecule has 0 fully saturated rings. The summed E-state index contributed by atoms with van der Waals surface area (Å²) in [5.74, 6) is 0.00849. The lowest BCUT2D eigenvalue weighted by Gasteiger charge is -2.14. The molecule has 1 N–H and O–H groups in total. The van der Waals surface area contributed by atoms with Gasteiger partial charge in [-0.1, -0.05) is 18.2 Å². The van der Waals surface area contributed by atoms with Gasteiger partial charge >= 0.3 is 0 Å². The van der Waals surface area contributed by atoms with Crippen molar-refractivity contribution in [1.29, 1.82) is 0 Å². The van der Waals surface area contributed by atoms with E-state index in [1.807, 2.05) is 54.0 Å². The number of rotatable bonds is 6. The van der Waals surface area contributed by atoms with Crippen LogP contribution in [0.3, 0.4) is 0 Å². The standard InChI is InChI=1S/C18H20N4O/c1-14(22-13-21-16-9-2-3-10-17(16)22)18(23)20-12-6-8-15-7-4-5-11-19-15/h2-5,7,9-11,13-14H,6,8,12H2,1H3,(H,20,23). The van der Waals surface area contributed by atoms with Crippen LogP contribution in [0.15, 0.2) is 55.0 Å². The summed E-state index contributed by atoms with van der Waals surface area (Å²) in [6.45, 7) is 2.54. The van der Waals surface area contributed by atoms with Gasteiger partial charge in [-0.2, -0.15) is 0 Å². The van der Waals surface area contributed by atoms with Gasteiger partial charge < -0.3 is 9.88 Å². The van der Waals surface area contributed by atoms with E-state index < -0.39 is 0 Å². The van der Waals surface area contributed by atoms with Crippen molar-refractivity contribution in [1.82, 2.24) is 19.9 Å². The van der Waals surface area contributed by atoms with Crippen LogP contribution >= 0.6 is 0 Å². The summed E-state index contributed by atoms with van der Waals surface area (Å²) < 4.78 is 1.91. The fraction of sp³-hybridized carbons (Fsp3) is 0.278. The van der Waals surface area contributed by atoms with Gasteiger partial charge in [-0.25, -0.2) is 4.98 Å². The van der Waals surface area contributed by atoms with E-state index in [1.54, 1.807) is 12.5 Å². The predicted molar refractivity (Wildman–Crippen MR) is 90.0 cm³/mol.